The zero-order valence-corrected chi connectivity index (χ0v) is 14.7. The summed E-state index contributed by atoms with van der Waals surface area (Å²) in [6.45, 7) is 2.85. The highest BCUT2D eigenvalue weighted by molar-refractivity contribution is 6.03. The third kappa shape index (κ3) is 3.17. The van der Waals surface area contributed by atoms with E-state index >= 15 is 0 Å². The van der Waals surface area contributed by atoms with Gasteiger partial charge in [-0.15, -0.1) is 0 Å². The number of nitrogens with one attached hydrogen (secondary N) is 1. The van der Waals surface area contributed by atoms with Gasteiger partial charge in [-0.05, 0) is 44.1 Å². The molecule has 2 aromatic heterocycles. The molecule has 6 heteroatoms. The van der Waals surface area contributed by atoms with Crippen molar-refractivity contribution < 1.29 is 4.79 Å². The summed E-state index contributed by atoms with van der Waals surface area (Å²) >= 11 is 0. The largest absolute Gasteiger partial charge is 0.346 e. The van der Waals surface area contributed by atoms with E-state index in [9.17, 15) is 4.79 Å². The van der Waals surface area contributed by atoms with E-state index in [4.69, 9.17) is 0 Å². The summed E-state index contributed by atoms with van der Waals surface area (Å²) in [6, 6.07) is 8.13. The van der Waals surface area contributed by atoms with E-state index in [0.29, 0.717) is 5.69 Å². The third-order valence-electron chi connectivity index (χ3n) is 4.71. The first-order chi connectivity index (χ1) is 12.1. The number of nitrogens with zero attached hydrogens (tertiary/aromatic N) is 4. The Morgan fingerprint density at radius 1 is 1.32 bits per heavy atom. The number of hydrogen-bond donors (Lipinski definition) is 1. The number of carbonyl (C=O) groups is 1. The van der Waals surface area contributed by atoms with Crippen molar-refractivity contribution in [3.63, 3.8) is 0 Å². The Morgan fingerprint density at radius 3 is 3.00 bits per heavy atom. The van der Waals surface area contributed by atoms with Gasteiger partial charge in [0.05, 0.1) is 5.52 Å². The molecule has 0 saturated heterocycles. The zero-order valence-electron chi connectivity index (χ0n) is 14.7. The Kier molecular flexibility index (Phi) is 4.05. The van der Waals surface area contributed by atoms with Crippen LogP contribution in [0.3, 0.4) is 0 Å². The van der Waals surface area contributed by atoms with Crippen molar-refractivity contribution in [1.82, 2.24) is 19.0 Å². The molecular formula is C19H23N5O. The van der Waals surface area contributed by atoms with Gasteiger partial charge in [0.15, 0.2) is 0 Å². The van der Waals surface area contributed by atoms with E-state index in [1.807, 2.05) is 24.4 Å². The van der Waals surface area contributed by atoms with Crippen LogP contribution in [0.4, 0.5) is 5.69 Å². The molecule has 0 spiro atoms. The monoisotopic (exact) mass is 337 g/mol. The predicted molar refractivity (Wildman–Crippen MR) is 99.0 cm³/mol. The van der Waals surface area contributed by atoms with Gasteiger partial charge in [-0.25, -0.2) is 4.98 Å². The average molecular weight is 337 g/mol. The number of anilines is 1. The number of rotatable bonds is 5. The molecular weight excluding hydrogens is 314 g/mol. The van der Waals surface area contributed by atoms with Crippen LogP contribution >= 0.6 is 0 Å². The maximum Gasteiger partial charge on any atom is 0.275 e. The van der Waals surface area contributed by atoms with Crippen LogP contribution in [0.25, 0.3) is 10.9 Å². The number of benzene rings is 1. The summed E-state index contributed by atoms with van der Waals surface area (Å²) in [5, 5.41) is 4.16. The Bertz CT molecular complexity index is 900. The van der Waals surface area contributed by atoms with Crippen LogP contribution < -0.4 is 5.32 Å². The molecule has 0 aliphatic carbocycles. The maximum atomic E-state index is 12.5. The standard InChI is InChI=1S/C19H23N5O/c1-22(2)10-11-23-9-7-14-5-6-15(12-17(14)23)20-19(25)16-13-24-8-3-4-18(24)21-16/h5-7,9,12-13H,3-4,8,10-11H2,1-2H3,(H,20,25). The summed E-state index contributed by atoms with van der Waals surface area (Å²) in [5.74, 6) is 0.866. The summed E-state index contributed by atoms with van der Waals surface area (Å²) in [6.07, 6.45) is 6.03. The average Bonchev–Trinajstić information content (AvgIpc) is 3.27. The van der Waals surface area contributed by atoms with Crippen molar-refractivity contribution in [1.29, 1.82) is 0 Å². The van der Waals surface area contributed by atoms with E-state index in [1.165, 1.54) is 5.39 Å². The first kappa shape index (κ1) is 15.9. The van der Waals surface area contributed by atoms with Gasteiger partial charge in [0.2, 0.25) is 0 Å². The van der Waals surface area contributed by atoms with Crippen molar-refractivity contribution in [2.75, 3.05) is 26.0 Å². The van der Waals surface area contributed by atoms with Gasteiger partial charge < -0.3 is 19.4 Å². The molecule has 3 heterocycles. The molecule has 1 aliphatic rings. The minimum atomic E-state index is -0.146. The van der Waals surface area contributed by atoms with E-state index in [2.05, 4.69) is 50.7 Å². The molecule has 0 radical (unpaired) electrons. The lowest BCUT2D eigenvalue weighted by molar-refractivity contribution is 0.102. The highest BCUT2D eigenvalue weighted by Crippen LogP contribution is 2.22. The summed E-state index contributed by atoms with van der Waals surface area (Å²) in [5.41, 5.74) is 2.43. The first-order valence-corrected chi connectivity index (χ1v) is 8.71. The highest BCUT2D eigenvalue weighted by atomic mass is 16.1. The normalized spacial score (nSPS) is 13.6. The molecule has 25 heavy (non-hydrogen) atoms. The van der Waals surface area contributed by atoms with Gasteiger partial charge in [-0.3, -0.25) is 4.79 Å². The molecule has 0 bridgehead atoms. The van der Waals surface area contributed by atoms with Crippen molar-refractivity contribution in [3.8, 4) is 0 Å². The SMILES string of the molecule is CN(C)CCn1ccc2ccc(NC(=O)c3cn4c(n3)CCC4)cc21. The molecule has 1 amide bonds. The number of aryl methyl sites for hydroxylation is 2. The highest BCUT2D eigenvalue weighted by Gasteiger charge is 2.18. The Labute approximate surface area is 147 Å². The van der Waals surface area contributed by atoms with Crippen molar-refractivity contribution in [3.05, 3.63) is 48.2 Å². The van der Waals surface area contributed by atoms with Crippen LogP contribution in [0.15, 0.2) is 36.7 Å². The van der Waals surface area contributed by atoms with Crippen LogP contribution in [0.5, 0.6) is 0 Å². The van der Waals surface area contributed by atoms with Crippen molar-refractivity contribution in [2.45, 2.75) is 25.9 Å². The number of imidazole rings is 1. The van der Waals surface area contributed by atoms with Crippen LogP contribution in [-0.4, -0.2) is 45.6 Å². The number of amides is 1. The number of fused-ring (bicyclic) bond motifs is 2. The van der Waals surface area contributed by atoms with E-state index in [0.717, 1.165) is 49.5 Å². The van der Waals surface area contributed by atoms with Gasteiger partial charge in [0, 0.05) is 44.1 Å². The molecule has 0 fully saturated rings. The second-order valence-electron chi connectivity index (χ2n) is 6.88. The van der Waals surface area contributed by atoms with Crippen LogP contribution in [-0.2, 0) is 19.5 Å². The van der Waals surface area contributed by atoms with E-state index < -0.39 is 0 Å². The molecule has 3 aromatic rings. The molecule has 0 unspecified atom stereocenters. The Hall–Kier alpha value is -2.60. The molecule has 0 saturated carbocycles. The molecule has 130 valence electrons. The lowest BCUT2D eigenvalue weighted by Crippen LogP contribution is -2.18. The fraction of sp³-hybridized carbons (Fsp3) is 0.368. The second-order valence-corrected chi connectivity index (χ2v) is 6.88. The van der Waals surface area contributed by atoms with Crippen LogP contribution in [0.1, 0.15) is 22.7 Å². The lowest BCUT2D eigenvalue weighted by Gasteiger charge is -2.12. The summed E-state index contributed by atoms with van der Waals surface area (Å²) < 4.78 is 4.29. The maximum absolute atomic E-state index is 12.5. The number of carbonyl (C=O) groups excluding carboxylic acids is 1. The third-order valence-corrected chi connectivity index (χ3v) is 4.71. The molecule has 6 nitrogen and oxygen atoms in total. The van der Waals surface area contributed by atoms with Gasteiger partial charge >= 0.3 is 0 Å². The minimum absolute atomic E-state index is 0.146. The van der Waals surface area contributed by atoms with E-state index in [-0.39, 0.29) is 5.91 Å². The number of hydrogen-bond acceptors (Lipinski definition) is 3. The van der Waals surface area contributed by atoms with Crippen molar-refractivity contribution >= 4 is 22.5 Å². The van der Waals surface area contributed by atoms with Gasteiger partial charge in [0.1, 0.15) is 11.5 Å². The zero-order chi connectivity index (χ0) is 17.4. The molecule has 1 aromatic carbocycles. The molecule has 1 aliphatic heterocycles. The molecule has 4 rings (SSSR count). The lowest BCUT2D eigenvalue weighted by atomic mass is 10.2. The van der Waals surface area contributed by atoms with Crippen LogP contribution in [0, 0.1) is 0 Å². The van der Waals surface area contributed by atoms with Gasteiger partial charge in [0.25, 0.3) is 5.91 Å². The minimum Gasteiger partial charge on any atom is -0.346 e. The Morgan fingerprint density at radius 2 is 2.20 bits per heavy atom. The topological polar surface area (TPSA) is 55.1 Å². The fourth-order valence-corrected chi connectivity index (χ4v) is 3.32. The van der Waals surface area contributed by atoms with E-state index in [1.54, 1.807) is 0 Å². The molecule has 0 atom stereocenters. The number of likely N-dealkylation sites (N-methyl/N-ethyl adjacent to an activating group) is 1. The van der Waals surface area contributed by atoms with Crippen molar-refractivity contribution in [2.24, 2.45) is 0 Å². The summed E-state index contributed by atoms with van der Waals surface area (Å²) in [4.78, 5) is 19.1. The fourth-order valence-electron chi connectivity index (χ4n) is 3.32. The first-order valence-electron chi connectivity index (χ1n) is 8.71. The molecule has 1 N–H and O–H groups in total. The second kappa shape index (κ2) is 6.37. The number of aromatic nitrogens is 3. The van der Waals surface area contributed by atoms with Crippen LogP contribution in [0.2, 0.25) is 0 Å². The van der Waals surface area contributed by atoms with Gasteiger partial charge in [-0.1, -0.05) is 6.07 Å². The summed E-state index contributed by atoms with van der Waals surface area (Å²) in [7, 11) is 4.14. The smallest absolute Gasteiger partial charge is 0.275 e. The predicted octanol–water partition coefficient (Wildman–Crippen LogP) is 2.60. The quantitative estimate of drug-likeness (QED) is 0.779. The Balaban J connectivity index is 1.54. The van der Waals surface area contributed by atoms with Gasteiger partial charge in [-0.2, -0.15) is 0 Å².